The number of benzene rings is 1. The fourth-order valence-corrected chi connectivity index (χ4v) is 2.31. The number of amides is 1. The summed E-state index contributed by atoms with van der Waals surface area (Å²) in [6.07, 6.45) is 1.73. The van der Waals surface area contributed by atoms with E-state index < -0.39 is 0 Å². The third kappa shape index (κ3) is 2.99. The van der Waals surface area contributed by atoms with E-state index in [0.29, 0.717) is 11.6 Å². The fourth-order valence-electron chi connectivity index (χ4n) is 2.31. The number of hydrogen-bond acceptors (Lipinski definition) is 4. The Bertz CT molecular complexity index is 624. The first-order chi connectivity index (χ1) is 9.49. The first-order valence-electron chi connectivity index (χ1n) is 6.65. The number of nitrogen functional groups attached to an aromatic ring is 1. The minimum absolute atomic E-state index is 0.174. The van der Waals surface area contributed by atoms with Gasteiger partial charge >= 0.3 is 0 Å². The number of rotatable bonds is 5. The monoisotopic (exact) mass is 272 g/mol. The van der Waals surface area contributed by atoms with Crippen molar-refractivity contribution in [2.75, 3.05) is 23.7 Å². The maximum absolute atomic E-state index is 11.3. The third-order valence-corrected chi connectivity index (χ3v) is 3.06. The summed E-state index contributed by atoms with van der Waals surface area (Å²) in [4.78, 5) is 17.7. The molecule has 1 aromatic carbocycles. The molecule has 20 heavy (non-hydrogen) atoms. The normalized spacial score (nSPS) is 10.9. The van der Waals surface area contributed by atoms with Crippen LogP contribution in [0.1, 0.15) is 13.8 Å². The van der Waals surface area contributed by atoms with Crippen LogP contribution < -0.4 is 16.4 Å². The zero-order chi connectivity index (χ0) is 14.7. The number of primary amides is 1. The Kier molecular flexibility index (Phi) is 4.08. The van der Waals surface area contributed by atoms with Gasteiger partial charge in [-0.25, -0.2) is 0 Å². The van der Waals surface area contributed by atoms with Gasteiger partial charge in [0.15, 0.2) is 0 Å². The van der Waals surface area contributed by atoms with Gasteiger partial charge in [-0.05, 0) is 30.2 Å². The molecule has 2 aromatic rings. The van der Waals surface area contributed by atoms with E-state index >= 15 is 0 Å². The molecule has 0 saturated carbocycles. The van der Waals surface area contributed by atoms with Crippen LogP contribution in [-0.2, 0) is 4.79 Å². The van der Waals surface area contributed by atoms with E-state index in [2.05, 4.69) is 18.8 Å². The molecule has 1 heterocycles. The predicted octanol–water partition coefficient (Wildman–Crippen LogP) is 1.76. The van der Waals surface area contributed by atoms with Crippen LogP contribution >= 0.6 is 0 Å². The summed E-state index contributed by atoms with van der Waals surface area (Å²) in [7, 11) is 0. The molecular weight excluding hydrogens is 252 g/mol. The topological polar surface area (TPSA) is 85.2 Å². The van der Waals surface area contributed by atoms with Crippen LogP contribution in [0.4, 0.5) is 11.4 Å². The van der Waals surface area contributed by atoms with E-state index in [1.807, 2.05) is 29.2 Å². The number of fused-ring (bicyclic) bond motifs is 1. The second-order valence-corrected chi connectivity index (χ2v) is 5.31. The van der Waals surface area contributed by atoms with E-state index in [0.717, 1.165) is 23.1 Å². The van der Waals surface area contributed by atoms with E-state index in [1.54, 1.807) is 6.20 Å². The smallest absolute Gasteiger partial charge is 0.236 e. The molecule has 0 unspecified atom stereocenters. The molecule has 0 saturated heterocycles. The molecule has 4 N–H and O–H groups in total. The number of carbonyl (C=O) groups excluding carboxylic acids is 1. The number of nitrogens with zero attached hydrogens (tertiary/aromatic N) is 2. The van der Waals surface area contributed by atoms with Crippen LogP contribution in [0.15, 0.2) is 30.5 Å². The van der Waals surface area contributed by atoms with Gasteiger partial charge in [0, 0.05) is 23.8 Å². The van der Waals surface area contributed by atoms with Crippen molar-refractivity contribution >= 4 is 28.2 Å². The number of carbonyl (C=O) groups is 1. The van der Waals surface area contributed by atoms with Crippen molar-refractivity contribution in [2.24, 2.45) is 11.7 Å². The van der Waals surface area contributed by atoms with Gasteiger partial charge in [0.05, 0.1) is 17.7 Å². The summed E-state index contributed by atoms with van der Waals surface area (Å²) in [5.41, 5.74) is 13.7. The molecule has 106 valence electrons. The second kappa shape index (κ2) is 5.77. The Morgan fingerprint density at radius 1 is 1.35 bits per heavy atom. The fraction of sp³-hybridized carbons (Fsp3) is 0.333. The van der Waals surface area contributed by atoms with Gasteiger partial charge < -0.3 is 16.4 Å². The second-order valence-electron chi connectivity index (χ2n) is 5.31. The van der Waals surface area contributed by atoms with Crippen LogP contribution in [0.2, 0.25) is 0 Å². The highest BCUT2D eigenvalue weighted by Gasteiger charge is 2.15. The third-order valence-electron chi connectivity index (χ3n) is 3.06. The Labute approximate surface area is 118 Å². The Morgan fingerprint density at radius 3 is 2.75 bits per heavy atom. The summed E-state index contributed by atoms with van der Waals surface area (Å²) < 4.78 is 0. The lowest BCUT2D eigenvalue weighted by Gasteiger charge is -2.26. The highest BCUT2D eigenvalue weighted by atomic mass is 16.1. The van der Waals surface area contributed by atoms with Gasteiger partial charge in [0.1, 0.15) is 0 Å². The van der Waals surface area contributed by atoms with Crippen molar-refractivity contribution in [3.63, 3.8) is 0 Å². The summed E-state index contributed by atoms with van der Waals surface area (Å²) in [6.45, 7) is 5.11. The van der Waals surface area contributed by atoms with Crippen LogP contribution in [0.3, 0.4) is 0 Å². The minimum Gasteiger partial charge on any atom is -0.398 e. The maximum Gasteiger partial charge on any atom is 0.236 e. The highest BCUT2D eigenvalue weighted by Crippen LogP contribution is 2.29. The Hall–Kier alpha value is -2.30. The molecule has 2 rings (SSSR count). The van der Waals surface area contributed by atoms with Crippen molar-refractivity contribution in [2.45, 2.75) is 13.8 Å². The first-order valence-corrected chi connectivity index (χ1v) is 6.65. The quantitative estimate of drug-likeness (QED) is 0.812. The number of pyridine rings is 1. The van der Waals surface area contributed by atoms with E-state index in [9.17, 15) is 4.79 Å². The van der Waals surface area contributed by atoms with Gasteiger partial charge in [-0.2, -0.15) is 0 Å². The number of anilines is 2. The average Bonchev–Trinajstić information content (AvgIpc) is 2.37. The van der Waals surface area contributed by atoms with Crippen LogP contribution in [0.25, 0.3) is 10.9 Å². The molecule has 0 fully saturated rings. The average molecular weight is 272 g/mol. The van der Waals surface area contributed by atoms with Gasteiger partial charge in [0.25, 0.3) is 0 Å². The molecule has 0 spiro atoms. The molecule has 1 aromatic heterocycles. The van der Waals surface area contributed by atoms with E-state index in [-0.39, 0.29) is 12.5 Å². The van der Waals surface area contributed by atoms with Crippen molar-refractivity contribution in [3.8, 4) is 0 Å². The maximum atomic E-state index is 11.3. The van der Waals surface area contributed by atoms with Crippen LogP contribution in [-0.4, -0.2) is 24.0 Å². The largest absolute Gasteiger partial charge is 0.398 e. The lowest BCUT2D eigenvalue weighted by Crippen LogP contribution is -2.36. The standard InChI is InChI=1S/C15H20N4O/c1-10(2)8-19(9-14(17)20)13-6-5-12(16)11-4-3-7-18-15(11)13/h3-7,10H,8-9,16H2,1-2H3,(H2,17,20). The van der Waals surface area contributed by atoms with E-state index in [4.69, 9.17) is 11.5 Å². The molecule has 1 amide bonds. The number of hydrogen-bond donors (Lipinski definition) is 2. The Morgan fingerprint density at radius 2 is 2.10 bits per heavy atom. The first kappa shape index (κ1) is 14.1. The van der Waals surface area contributed by atoms with Crippen molar-refractivity contribution < 1.29 is 4.79 Å². The SMILES string of the molecule is CC(C)CN(CC(N)=O)c1ccc(N)c2cccnc12. The predicted molar refractivity (Wildman–Crippen MR) is 82.4 cm³/mol. The molecule has 5 heteroatoms. The van der Waals surface area contributed by atoms with Gasteiger partial charge in [0.2, 0.25) is 5.91 Å². The molecule has 0 radical (unpaired) electrons. The zero-order valence-corrected chi connectivity index (χ0v) is 11.8. The summed E-state index contributed by atoms with van der Waals surface area (Å²) in [5, 5.41) is 0.892. The summed E-state index contributed by atoms with van der Waals surface area (Å²) >= 11 is 0. The van der Waals surface area contributed by atoms with Gasteiger partial charge in [-0.3, -0.25) is 9.78 Å². The van der Waals surface area contributed by atoms with Crippen LogP contribution in [0, 0.1) is 5.92 Å². The zero-order valence-electron chi connectivity index (χ0n) is 11.8. The van der Waals surface area contributed by atoms with Crippen LogP contribution in [0.5, 0.6) is 0 Å². The highest BCUT2D eigenvalue weighted by molar-refractivity contribution is 5.99. The van der Waals surface area contributed by atoms with Crippen molar-refractivity contribution in [1.29, 1.82) is 0 Å². The lowest BCUT2D eigenvalue weighted by molar-refractivity contribution is -0.116. The van der Waals surface area contributed by atoms with E-state index in [1.165, 1.54) is 0 Å². The molecule has 0 atom stereocenters. The molecule has 0 bridgehead atoms. The van der Waals surface area contributed by atoms with Crippen molar-refractivity contribution in [1.82, 2.24) is 4.98 Å². The van der Waals surface area contributed by atoms with Gasteiger partial charge in [-0.15, -0.1) is 0 Å². The molecule has 0 aliphatic rings. The lowest BCUT2D eigenvalue weighted by atomic mass is 10.1. The minimum atomic E-state index is -0.355. The number of aromatic nitrogens is 1. The molecule has 0 aliphatic carbocycles. The summed E-state index contributed by atoms with van der Waals surface area (Å²) in [6, 6.07) is 7.52. The molecule has 0 aliphatic heterocycles. The molecular formula is C15H20N4O. The summed E-state index contributed by atoms with van der Waals surface area (Å²) in [5.74, 6) is 0.0530. The molecule has 5 nitrogen and oxygen atoms in total. The van der Waals surface area contributed by atoms with Crippen molar-refractivity contribution in [3.05, 3.63) is 30.5 Å². The number of nitrogens with two attached hydrogens (primary N) is 2. The Balaban J connectivity index is 2.52. The van der Waals surface area contributed by atoms with Gasteiger partial charge in [-0.1, -0.05) is 13.8 Å².